The van der Waals surface area contributed by atoms with Crippen molar-refractivity contribution in [2.45, 2.75) is 31.1 Å². The molecule has 0 radical (unpaired) electrons. The number of carbonyl (C=O) groups is 1. The van der Waals surface area contributed by atoms with E-state index >= 15 is 0 Å². The van der Waals surface area contributed by atoms with Crippen molar-refractivity contribution in [2.75, 3.05) is 6.54 Å². The first-order valence-electron chi connectivity index (χ1n) is 4.36. The third-order valence-electron chi connectivity index (χ3n) is 2.29. The molecule has 1 aliphatic rings. The molecule has 0 spiro atoms. The molecule has 88 valence electrons. The Balaban J connectivity index is 2.81. The zero-order valence-electron chi connectivity index (χ0n) is 7.77. The number of hydrogen-bond acceptors (Lipinski definition) is 3. The van der Waals surface area contributed by atoms with Crippen molar-refractivity contribution < 1.29 is 27.1 Å². The lowest BCUT2D eigenvalue weighted by Crippen LogP contribution is -2.39. The maximum absolute atomic E-state index is 12.2. The number of carboxylic acids is 1. The van der Waals surface area contributed by atoms with Crippen molar-refractivity contribution in [2.24, 2.45) is 0 Å². The second kappa shape index (κ2) is 4.40. The minimum Gasteiger partial charge on any atom is -0.481 e. The van der Waals surface area contributed by atoms with Crippen LogP contribution in [0.4, 0.5) is 8.78 Å². The molecule has 8 heteroatoms. The minimum absolute atomic E-state index is 0.0232. The maximum Gasteiger partial charge on any atom is 0.350 e. The van der Waals surface area contributed by atoms with E-state index in [-0.39, 0.29) is 6.54 Å². The average molecular weight is 243 g/mol. The molecule has 1 rings (SSSR count). The molecule has 1 aliphatic heterocycles. The van der Waals surface area contributed by atoms with Crippen molar-refractivity contribution >= 4 is 16.0 Å². The summed E-state index contributed by atoms with van der Waals surface area (Å²) in [7, 11) is -4.63. The Morgan fingerprint density at radius 3 is 2.60 bits per heavy atom. The maximum atomic E-state index is 12.2. The van der Waals surface area contributed by atoms with Gasteiger partial charge in [-0.15, -0.1) is 0 Å². The van der Waals surface area contributed by atoms with E-state index in [1.54, 1.807) is 0 Å². The Morgan fingerprint density at radius 1 is 1.53 bits per heavy atom. The molecule has 1 N–H and O–H groups in total. The molecule has 0 aromatic carbocycles. The molecule has 0 bridgehead atoms. The molecule has 0 saturated carbocycles. The van der Waals surface area contributed by atoms with Gasteiger partial charge in [-0.3, -0.25) is 4.79 Å². The van der Waals surface area contributed by atoms with Gasteiger partial charge >= 0.3 is 11.7 Å². The lowest BCUT2D eigenvalue weighted by Gasteiger charge is -2.21. The van der Waals surface area contributed by atoms with Gasteiger partial charge < -0.3 is 5.11 Å². The van der Waals surface area contributed by atoms with E-state index in [0.717, 1.165) is 0 Å². The van der Waals surface area contributed by atoms with Crippen LogP contribution in [0.1, 0.15) is 19.3 Å². The standard InChI is InChI=1S/C7H11F2NO4S/c8-7(9)15(13,14)10-3-1-2-5(10)4-6(11)12/h5,7H,1-4H2,(H,11,12). The van der Waals surface area contributed by atoms with Crippen LogP contribution in [0, 0.1) is 0 Å². The zero-order chi connectivity index (χ0) is 11.6. The molecular formula is C7H11F2NO4S. The molecule has 5 nitrogen and oxygen atoms in total. The van der Waals surface area contributed by atoms with Crippen LogP contribution in [-0.2, 0) is 14.8 Å². The van der Waals surface area contributed by atoms with E-state index in [1.165, 1.54) is 0 Å². The van der Waals surface area contributed by atoms with Crippen molar-refractivity contribution in [1.82, 2.24) is 4.31 Å². The highest BCUT2D eigenvalue weighted by Gasteiger charge is 2.40. The summed E-state index contributed by atoms with van der Waals surface area (Å²) in [6.45, 7) is -0.0232. The Labute approximate surface area is 85.7 Å². The van der Waals surface area contributed by atoms with Gasteiger partial charge in [0.2, 0.25) is 0 Å². The predicted octanol–water partition coefficient (Wildman–Crippen LogP) is 0.478. The van der Waals surface area contributed by atoms with Crippen LogP contribution in [0.5, 0.6) is 0 Å². The molecule has 0 amide bonds. The highest BCUT2D eigenvalue weighted by atomic mass is 32.2. The van der Waals surface area contributed by atoms with Gasteiger partial charge in [0.05, 0.1) is 6.42 Å². The first kappa shape index (κ1) is 12.3. The fourth-order valence-electron chi connectivity index (χ4n) is 1.65. The number of sulfonamides is 1. The van der Waals surface area contributed by atoms with Gasteiger partial charge in [-0.1, -0.05) is 0 Å². The summed E-state index contributed by atoms with van der Waals surface area (Å²) in [5, 5.41) is 8.49. The fourth-order valence-corrected chi connectivity index (χ4v) is 2.84. The van der Waals surface area contributed by atoms with Gasteiger partial charge in [0, 0.05) is 12.6 Å². The van der Waals surface area contributed by atoms with Gasteiger partial charge in [0.25, 0.3) is 10.0 Å². The Kier molecular flexibility index (Phi) is 3.61. The summed E-state index contributed by atoms with van der Waals surface area (Å²) < 4.78 is 47.2. The summed E-state index contributed by atoms with van der Waals surface area (Å²) in [6, 6.07) is -0.832. The van der Waals surface area contributed by atoms with Gasteiger partial charge in [0.1, 0.15) is 0 Å². The van der Waals surface area contributed by atoms with Crippen LogP contribution >= 0.6 is 0 Å². The normalized spacial score (nSPS) is 23.5. The van der Waals surface area contributed by atoms with Crippen LogP contribution in [0.2, 0.25) is 0 Å². The molecule has 0 aromatic heterocycles. The SMILES string of the molecule is O=C(O)CC1CCCN1S(=O)(=O)C(F)F. The van der Waals surface area contributed by atoms with E-state index < -0.39 is 34.2 Å². The molecule has 15 heavy (non-hydrogen) atoms. The number of carboxylic acid groups (broad SMARTS) is 1. The third kappa shape index (κ3) is 2.63. The monoisotopic (exact) mass is 243 g/mol. The minimum atomic E-state index is -4.63. The third-order valence-corrected chi connectivity index (χ3v) is 3.87. The lowest BCUT2D eigenvalue weighted by atomic mass is 10.2. The molecule has 1 saturated heterocycles. The summed E-state index contributed by atoms with van der Waals surface area (Å²) in [5.41, 5.74) is 0. The highest BCUT2D eigenvalue weighted by molar-refractivity contribution is 7.89. The lowest BCUT2D eigenvalue weighted by molar-refractivity contribution is -0.137. The highest BCUT2D eigenvalue weighted by Crippen LogP contribution is 2.26. The molecule has 0 aliphatic carbocycles. The summed E-state index contributed by atoms with van der Waals surface area (Å²) in [6.07, 6.45) is 0.314. The van der Waals surface area contributed by atoms with Crippen LogP contribution in [0.15, 0.2) is 0 Å². The van der Waals surface area contributed by atoms with Crippen LogP contribution < -0.4 is 0 Å². The van der Waals surface area contributed by atoms with Crippen molar-refractivity contribution in [1.29, 1.82) is 0 Å². The van der Waals surface area contributed by atoms with E-state index in [4.69, 9.17) is 5.11 Å². The molecule has 1 fully saturated rings. The fraction of sp³-hybridized carbons (Fsp3) is 0.857. The first-order chi connectivity index (χ1) is 6.85. The van der Waals surface area contributed by atoms with Gasteiger partial charge in [0.15, 0.2) is 0 Å². The van der Waals surface area contributed by atoms with E-state index in [0.29, 0.717) is 17.1 Å². The van der Waals surface area contributed by atoms with Crippen LogP contribution in [-0.4, -0.2) is 42.1 Å². The summed E-state index contributed by atoms with van der Waals surface area (Å²) in [5.74, 6) is -4.66. The van der Waals surface area contributed by atoms with E-state index in [1.807, 2.05) is 0 Å². The number of hydrogen-bond donors (Lipinski definition) is 1. The van der Waals surface area contributed by atoms with Crippen LogP contribution in [0.25, 0.3) is 0 Å². The molecule has 1 unspecified atom stereocenters. The second-order valence-electron chi connectivity index (χ2n) is 3.31. The van der Waals surface area contributed by atoms with Gasteiger partial charge in [-0.2, -0.15) is 13.1 Å². The Hall–Kier alpha value is -0.760. The Morgan fingerprint density at radius 2 is 2.13 bits per heavy atom. The smallest absolute Gasteiger partial charge is 0.350 e. The van der Waals surface area contributed by atoms with Crippen LogP contribution in [0.3, 0.4) is 0 Å². The Bertz CT molecular complexity index is 343. The number of halogens is 2. The first-order valence-corrected chi connectivity index (χ1v) is 5.86. The quantitative estimate of drug-likeness (QED) is 0.779. The van der Waals surface area contributed by atoms with E-state index in [2.05, 4.69) is 0 Å². The summed E-state index contributed by atoms with van der Waals surface area (Å²) >= 11 is 0. The topological polar surface area (TPSA) is 74.7 Å². The molecule has 1 atom stereocenters. The van der Waals surface area contributed by atoms with Crippen molar-refractivity contribution in [3.8, 4) is 0 Å². The number of aliphatic carboxylic acids is 1. The van der Waals surface area contributed by atoms with Gasteiger partial charge in [-0.05, 0) is 12.8 Å². The summed E-state index contributed by atoms with van der Waals surface area (Å²) in [4.78, 5) is 10.4. The van der Waals surface area contributed by atoms with E-state index in [9.17, 15) is 22.0 Å². The van der Waals surface area contributed by atoms with Crippen molar-refractivity contribution in [3.63, 3.8) is 0 Å². The molecule has 0 aromatic rings. The number of nitrogens with zero attached hydrogens (tertiary/aromatic N) is 1. The number of alkyl halides is 2. The largest absolute Gasteiger partial charge is 0.481 e. The average Bonchev–Trinajstić information content (AvgIpc) is 2.51. The van der Waals surface area contributed by atoms with Gasteiger partial charge in [-0.25, -0.2) is 8.42 Å². The van der Waals surface area contributed by atoms with Crippen molar-refractivity contribution in [3.05, 3.63) is 0 Å². The molecular weight excluding hydrogens is 232 g/mol. The predicted molar refractivity (Wildman–Crippen MR) is 46.9 cm³/mol. The second-order valence-corrected chi connectivity index (χ2v) is 5.17. The number of rotatable bonds is 4. The molecule has 1 heterocycles. The zero-order valence-corrected chi connectivity index (χ0v) is 8.58.